The summed E-state index contributed by atoms with van der Waals surface area (Å²) in [5.74, 6) is -0.640. The van der Waals surface area contributed by atoms with Gasteiger partial charge in [0, 0.05) is 32.6 Å². The minimum absolute atomic E-state index is 0.196. The lowest BCUT2D eigenvalue weighted by Crippen LogP contribution is -2.31. The van der Waals surface area contributed by atoms with E-state index < -0.39 is 12.7 Å². The van der Waals surface area contributed by atoms with Crippen LogP contribution in [0.2, 0.25) is 0 Å². The fourth-order valence-corrected chi connectivity index (χ4v) is 3.92. The van der Waals surface area contributed by atoms with Crippen LogP contribution in [0.4, 0.5) is 4.39 Å². The van der Waals surface area contributed by atoms with Crippen molar-refractivity contribution in [2.45, 2.75) is 13.8 Å². The highest BCUT2D eigenvalue weighted by Gasteiger charge is 2.22. The molecular formula is C26H21FNO+. The number of aromatic nitrogens is 1. The Morgan fingerprint density at radius 2 is 1.79 bits per heavy atom. The van der Waals surface area contributed by atoms with Gasteiger partial charge in [0.2, 0.25) is 5.69 Å². The van der Waals surface area contributed by atoms with E-state index in [1.807, 2.05) is 55.5 Å². The van der Waals surface area contributed by atoms with E-state index in [0.717, 1.165) is 27.8 Å². The monoisotopic (exact) mass is 386 g/mol. The van der Waals surface area contributed by atoms with Crippen LogP contribution in [0.5, 0.6) is 0 Å². The molecule has 0 aliphatic rings. The lowest BCUT2D eigenvalue weighted by atomic mass is 9.96. The van der Waals surface area contributed by atoms with Crippen LogP contribution in [-0.4, -0.2) is 0 Å². The van der Waals surface area contributed by atoms with E-state index in [4.69, 9.17) is 9.90 Å². The number of aryl methyl sites for hydroxylation is 3. The molecule has 0 bridgehead atoms. The quantitative estimate of drug-likeness (QED) is 0.316. The smallest absolute Gasteiger partial charge is 0.216 e. The summed E-state index contributed by atoms with van der Waals surface area (Å²) in [5.41, 5.74) is 4.87. The van der Waals surface area contributed by atoms with E-state index in [1.54, 1.807) is 23.9 Å². The van der Waals surface area contributed by atoms with E-state index in [1.165, 1.54) is 6.07 Å². The Bertz CT molecular complexity index is 1540. The minimum Gasteiger partial charge on any atom is -0.455 e. The summed E-state index contributed by atoms with van der Waals surface area (Å²) < 4.78 is 54.2. The summed E-state index contributed by atoms with van der Waals surface area (Å²) in [6.07, 6.45) is 1.64. The van der Waals surface area contributed by atoms with Crippen LogP contribution in [-0.2, 0) is 7.05 Å². The minimum atomic E-state index is -2.29. The molecule has 2 nitrogen and oxygen atoms in total. The van der Waals surface area contributed by atoms with Crippen LogP contribution in [0, 0.1) is 19.6 Å². The van der Waals surface area contributed by atoms with E-state index in [2.05, 4.69) is 0 Å². The van der Waals surface area contributed by atoms with E-state index in [0.29, 0.717) is 16.5 Å². The zero-order valence-corrected chi connectivity index (χ0v) is 16.1. The third-order valence-corrected chi connectivity index (χ3v) is 5.35. The molecule has 3 aromatic carbocycles. The first-order valence-electron chi connectivity index (χ1n) is 11.4. The fraction of sp³-hybridized carbons (Fsp3) is 0.115. The summed E-state index contributed by atoms with van der Waals surface area (Å²) >= 11 is 0. The molecule has 2 heterocycles. The van der Waals surface area contributed by atoms with Crippen molar-refractivity contribution in [3.8, 4) is 22.4 Å². The number of furan rings is 1. The SMILES string of the molecule is [2H]c1c(F)ccc2c1oc1c(-c3cc(-c4ccccc4)c(C([2H])([2H])[2H])c[n+]3C)c(C)ccc12. The molecule has 0 fully saturated rings. The van der Waals surface area contributed by atoms with Crippen molar-refractivity contribution in [3.63, 3.8) is 0 Å². The molecule has 0 aliphatic heterocycles. The number of pyridine rings is 1. The van der Waals surface area contributed by atoms with Crippen molar-refractivity contribution in [2.75, 3.05) is 0 Å². The van der Waals surface area contributed by atoms with Gasteiger partial charge in [-0.1, -0.05) is 42.5 Å². The van der Waals surface area contributed by atoms with Crippen LogP contribution in [0.15, 0.2) is 77.3 Å². The highest BCUT2D eigenvalue weighted by molar-refractivity contribution is 6.09. The lowest BCUT2D eigenvalue weighted by molar-refractivity contribution is -0.660. The number of halogens is 1. The Morgan fingerprint density at radius 1 is 1.00 bits per heavy atom. The molecule has 0 N–H and O–H groups in total. The van der Waals surface area contributed by atoms with Gasteiger partial charge >= 0.3 is 0 Å². The predicted molar refractivity (Wildman–Crippen MR) is 115 cm³/mol. The van der Waals surface area contributed by atoms with Gasteiger partial charge in [-0.15, -0.1) is 0 Å². The van der Waals surface area contributed by atoms with Crippen molar-refractivity contribution >= 4 is 21.9 Å². The summed E-state index contributed by atoms with van der Waals surface area (Å²) in [6, 6.07) is 17.8. The van der Waals surface area contributed by atoms with Crippen LogP contribution < -0.4 is 4.57 Å². The number of hydrogen-bond acceptors (Lipinski definition) is 1. The zero-order chi connectivity index (χ0) is 23.5. The molecule has 3 heteroatoms. The average Bonchev–Trinajstić information content (AvgIpc) is 3.16. The summed E-state index contributed by atoms with van der Waals surface area (Å²) in [6.45, 7) is -0.344. The Labute approximate surface area is 174 Å². The van der Waals surface area contributed by atoms with Gasteiger partial charge in [-0.05, 0) is 42.6 Å². The zero-order valence-electron chi connectivity index (χ0n) is 20.1. The van der Waals surface area contributed by atoms with E-state index in [-0.39, 0.29) is 17.2 Å². The van der Waals surface area contributed by atoms with Gasteiger partial charge in [0.15, 0.2) is 6.20 Å². The summed E-state index contributed by atoms with van der Waals surface area (Å²) in [5, 5.41) is 1.45. The number of benzene rings is 3. The molecule has 0 unspecified atom stereocenters. The molecule has 0 amide bonds. The van der Waals surface area contributed by atoms with Gasteiger partial charge in [-0.25, -0.2) is 8.96 Å². The second-order valence-corrected chi connectivity index (χ2v) is 7.25. The van der Waals surface area contributed by atoms with Crippen molar-refractivity contribution in [1.82, 2.24) is 0 Å². The molecule has 142 valence electrons. The van der Waals surface area contributed by atoms with Crippen molar-refractivity contribution in [3.05, 3.63) is 89.8 Å². The Hall–Kier alpha value is -3.46. The van der Waals surface area contributed by atoms with Crippen LogP contribution in [0.3, 0.4) is 0 Å². The van der Waals surface area contributed by atoms with Crippen molar-refractivity contribution in [2.24, 2.45) is 7.05 Å². The molecule has 0 radical (unpaired) electrons. The molecule has 0 saturated carbocycles. The molecule has 0 aliphatic carbocycles. The van der Waals surface area contributed by atoms with Crippen molar-refractivity contribution in [1.29, 1.82) is 0 Å². The number of fused-ring (bicyclic) bond motifs is 3. The van der Waals surface area contributed by atoms with Crippen LogP contribution >= 0.6 is 0 Å². The highest BCUT2D eigenvalue weighted by Crippen LogP contribution is 2.38. The van der Waals surface area contributed by atoms with Crippen LogP contribution in [0.1, 0.15) is 16.6 Å². The van der Waals surface area contributed by atoms with E-state index in [9.17, 15) is 4.39 Å². The molecule has 29 heavy (non-hydrogen) atoms. The molecule has 2 aromatic heterocycles. The maximum atomic E-state index is 14.0. The first-order chi connectivity index (χ1) is 15.7. The topological polar surface area (TPSA) is 17.0 Å². The van der Waals surface area contributed by atoms with Gasteiger partial charge in [0.1, 0.15) is 24.0 Å². The molecule has 0 atom stereocenters. The Balaban J connectivity index is 1.87. The van der Waals surface area contributed by atoms with E-state index >= 15 is 0 Å². The van der Waals surface area contributed by atoms with Crippen molar-refractivity contribution < 1.29 is 18.9 Å². The molecule has 5 aromatic rings. The summed E-state index contributed by atoms with van der Waals surface area (Å²) in [7, 11) is 1.80. The third kappa shape index (κ3) is 2.82. The second-order valence-electron chi connectivity index (χ2n) is 7.25. The number of hydrogen-bond donors (Lipinski definition) is 0. The summed E-state index contributed by atoms with van der Waals surface area (Å²) in [4.78, 5) is 0. The first-order valence-corrected chi connectivity index (χ1v) is 9.37. The molecule has 0 saturated heterocycles. The largest absolute Gasteiger partial charge is 0.455 e. The normalized spacial score (nSPS) is 13.9. The molecule has 5 rings (SSSR count). The standard InChI is InChI=1S/C26H21FNO/c1-16-9-11-21-20-12-10-19(27)13-24(20)29-26(21)25(16)23-14-22(17(2)15-28(23)3)18-7-5-4-6-8-18/h4-15H,1-3H3/q+1/i2D3,13D. The molecule has 0 spiro atoms. The van der Waals surface area contributed by atoms with Crippen LogP contribution in [0.25, 0.3) is 44.3 Å². The Morgan fingerprint density at radius 3 is 2.59 bits per heavy atom. The highest BCUT2D eigenvalue weighted by atomic mass is 19.1. The van der Waals surface area contributed by atoms with Gasteiger partial charge in [0.05, 0.1) is 6.93 Å². The van der Waals surface area contributed by atoms with Gasteiger partial charge in [0.25, 0.3) is 0 Å². The van der Waals surface area contributed by atoms with Gasteiger partial charge in [-0.3, -0.25) is 0 Å². The predicted octanol–water partition coefficient (Wildman–Crippen LogP) is 6.50. The number of rotatable bonds is 2. The maximum absolute atomic E-state index is 14.0. The maximum Gasteiger partial charge on any atom is 0.216 e. The van der Waals surface area contributed by atoms with Gasteiger partial charge < -0.3 is 4.42 Å². The number of nitrogens with zero attached hydrogens (tertiary/aromatic N) is 1. The first kappa shape index (κ1) is 13.7. The third-order valence-electron chi connectivity index (χ3n) is 5.35. The average molecular weight is 386 g/mol. The lowest BCUT2D eigenvalue weighted by Gasteiger charge is -2.10. The van der Waals surface area contributed by atoms with Gasteiger partial charge in [-0.2, -0.15) is 0 Å². The Kier molecular flexibility index (Phi) is 3.09. The fourth-order valence-electron chi connectivity index (χ4n) is 3.92. The molecular weight excluding hydrogens is 361 g/mol. The second kappa shape index (κ2) is 6.56.